The predicted molar refractivity (Wildman–Crippen MR) is 64.1 cm³/mol. The maximum atomic E-state index is 11.5. The summed E-state index contributed by atoms with van der Waals surface area (Å²) < 4.78 is 0. The van der Waals surface area contributed by atoms with Gasteiger partial charge in [-0.15, -0.1) is 0 Å². The molecule has 1 rings (SSSR count). The van der Waals surface area contributed by atoms with E-state index in [1.165, 1.54) is 0 Å². The zero-order chi connectivity index (χ0) is 11.8. The van der Waals surface area contributed by atoms with Crippen molar-refractivity contribution < 1.29 is 4.79 Å². The normalized spacial score (nSPS) is 10.4. The summed E-state index contributed by atoms with van der Waals surface area (Å²) in [4.78, 5) is 11.5. The van der Waals surface area contributed by atoms with Gasteiger partial charge in [-0.2, -0.15) is 5.10 Å². The first kappa shape index (κ1) is 12.7. The average Bonchev–Trinajstić information content (AvgIpc) is 2.63. The number of carbonyl (C=O) groups excluding carboxylic acids is 1. The number of unbranched alkanes of at least 4 members (excludes halogenated alkanes) is 3. The second-order valence-electron chi connectivity index (χ2n) is 3.94. The molecule has 1 heterocycles. The number of hydrogen-bond donors (Lipinski definition) is 3. The number of aromatic nitrogens is 2. The van der Waals surface area contributed by atoms with Crippen LogP contribution in [0.1, 0.15) is 37.8 Å². The minimum absolute atomic E-state index is 0.0271. The van der Waals surface area contributed by atoms with Gasteiger partial charge < -0.3 is 11.1 Å². The van der Waals surface area contributed by atoms with Crippen LogP contribution in [0.5, 0.6) is 0 Å². The lowest BCUT2D eigenvalue weighted by atomic mass is 10.1. The molecule has 0 bridgehead atoms. The van der Waals surface area contributed by atoms with E-state index in [-0.39, 0.29) is 5.91 Å². The van der Waals surface area contributed by atoms with E-state index in [1.54, 1.807) is 0 Å². The van der Waals surface area contributed by atoms with E-state index >= 15 is 0 Å². The van der Waals surface area contributed by atoms with Crippen molar-refractivity contribution >= 4 is 11.7 Å². The Balaban J connectivity index is 2.11. The first-order valence-corrected chi connectivity index (χ1v) is 5.74. The Morgan fingerprint density at radius 1 is 1.44 bits per heavy atom. The third-order valence-corrected chi connectivity index (χ3v) is 2.33. The number of nitrogens with zero attached hydrogens (tertiary/aromatic N) is 1. The lowest BCUT2D eigenvalue weighted by Gasteiger charge is -2.01. The maximum absolute atomic E-state index is 11.5. The highest BCUT2D eigenvalue weighted by molar-refractivity contribution is 5.89. The number of aryl methyl sites for hydroxylation is 1. The molecule has 0 atom stereocenters. The molecule has 1 amide bonds. The highest BCUT2D eigenvalue weighted by Crippen LogP contribution is 2.07. The summed E-state index contributed by atoms with van der Waals surface area (Å²) in [6.45, 7) is 2.63. The molecule has 0 radical (unpaired) electrons. The summed E-state index contributed by atoms with van der Waals surface area (Å²) in [5.74, 6) is 0.628. The maximum Gasteiger partial charge on any atom is 0.225 e. The minimum Gasteiger partial charge on any atom is -0.330 e. The Labute approximate surface area is 95.8 Å². The van der Waals surface area contributed by atoms with Crippen molar-refractivity contribution in [1.82, 2.24) is 10.2 Å². The van der Waals surface area contributed by atoms with Crippen LogP contribution >= 0.6 is 0 Å². The Morgan fingerprint density at radius 3 is 2.81 bits per heavy atom. The molecule has 1 aromatic heterocycles. The molecular formula is C11H20N4O. The lowest BCUT2D eigenvalue weighted by Crippen LogP contribution is -2.11. The molecule has 0 fully saturated rings. The van der Waals surface area contributed by atoms with Crippen LogP contribution in [-0.2, 0) is 4.79 Å². The minimum atomic E-state index is 0.0271. The summed E-state index contributed by atoms with van der Waals surface area (Å²) in [7, 11) is 0. The van der Waals surface area contributed by atoms with Crippen molar-refractivity contribution in [3.05, 3.63) is 11.8 Å². The molecule has 16 heavy (non-hydrogen) atoms. The van der Waals surface area contributed by atoms with Crippen molar-refractivity contribution in [2.75, 3.05) is 11.9 Å². The van der Waals surface area contributed by atoms with Gasteiger partial charge >= 0.3 is 0 Å². The standard InChI is InChI=1S/C11H20N4O/c1-9-8-10(15-14-9)13-11(16)6-4-2-3-5-7-12/h8H,2-7,12H2,1H3,(H2,13,14,15,16). The number of rotatable bonds is 7. The number of carbonyl (C=O) groups is 1. The smallest absolute Gasteiger partial charge is 0.225 e. The van der Waals surface area contributed by atoms with Crippen LogP contribution in [0.3, 0.4) is 0 Å². The zero-order valence-electron chi connectivity index (χ0n) is 9.75. The lowest BCUT2D eigenvalue weighted by molar-refractivity contribution is -0.116. The third kappa shape index (κ3) is 4.93. The summed E-state index contributed by atoms with van der Waals surface area (Å²) >= 11 is 0. The first-order chi connectivity index (χ1) is 7.72. The van der Waals surface area contributed by atoms with Crippen LogP contribution in [0.4, 0.5) is 5.82 Å². The van der Waals surface area contributed by atoms with Gasteiger partial charge in [-0.05, 0) is 26.3 Å². The number of amides is 1. The van der Waals surface area contributed by atoms with Gasteiger partial charge in [0.25, 0.3) is 0 Å². The topological polar surface area (TPSA) is 83.8 Å². The molecule has 5 heteroatoms. The molecule has 0 saturated heterocycles. The first-order valence-electron chi connectivity index (χ1n) is 5.74. The van der Waals surface area contributed by atoms with Crippen LogP contribution in [0.25, 0.3) is 0 Å². The Morgan fingerprint density at radius 2 is 2.19 bits per heavy atom. The number of aromatic amines is 1. The van der Waals surface area contributed by atoms with Gasteiger partial charge in [-0.3, -0.25) is 9.89 Å². The van der Waals surface area contributed by atoms with Crippen LogP contribution < -0.4 is 11.1 Å². The van der Waals surface area contributed by atoms with Crippen LogP contribution in [0, 0.1) is 6.92 Å². The summed E-state index contributed by atoms with van der Waals surface area (Å²) in [6.07, 6.45) is 4.67. The van der Waals surface area contributed by atoms with Gasteiger partial charge in [0, 0.05) is 18.2 Å². The van der Waals surface area contributed by atoms with Crippen LogP contribution in [0.15, 0.2) is 6.07 Å². The number of anilines is 1. The molecule has 0 saturated carbocycles. The zero-order valence-corrected chi connectivity index (χ0v) is 9.75. The van der Waals surface area contributed by atoms with Gasteiger partial charge in [0.15, 0.2) is 5.82 Å². The number of nitrogens with two attached hydrogens (primary N) is 1. The van der Waals surface area contributed by atoms with E-state index in [1.807, 2.05) is 13.0 Å². The van der Waals surface area contributed by atoms with Crippen molar-refractivity contribution in [3.63, 3.8) is 0 Å². The van der Waals surface area contributed by atoms with E-state index in [0.29, 0.717) is 12.2 Å². The van der Waals surface area contributed by atoms with Gasteiger partial charge in [0.1, 0.15) is 0 Å². The average molecular weight is 224 g/mol. The summed E-state index contributed by atoms with van der Waals surface area (Å²) in [5, 5.41) is 9.47. The number of nitrogens with one attached hydrogen (secondary N) is 2. The second kappa shape index (κ2) is 7.00. The fourth-order valence-electron chi connectivity index (χ4n) is 1.47. The van der Waals surface area contributed by atoms with Crippen molar-refractivity contribution in [2.24, 2.45) is 5.73 Å². The largest absolute Gasteiger partial charge is 0.330 e. The van der Waals surface area contributed by atoms with Crippen LogP contribution in [-0.4, -0.2) is 22.6 Å². The van der Waals surface area contributed by atoms with E-state index in [9.17, 15) is 4.79 Å². The van der Waals surface area contributed by atoms with E-state index in [0.717, 1.165) is 37.9 Å². The quantitative estimate of drug-likeness (QED) is 0.615. The van der Waals surface area contributed by atoms with Crippen molar-refractivity contribution in [2.45, 2.75) is 39.0 Å². The molecule has 0 spiro atoms. The molecule has 0 aromatic carbocycles. The molecule has 0 unspecified atom stereocenters. The van der Waals surface area contributed by atoms with E-state index < -0.39 is 0 Å². The molecule has 4 N–H and O–H groups in total. The highest BCUT2D eigenvalue weighted by Gasteiger charge is 2.03. The monoisotopic (exact) mass is 224 g/mol. The Hall–Kier alpha value is -1.36. The highest BCUT2D eigenvalue weighted by atomic mass is 16.1. The van der Waals surface area contributed by atoms with Gasteiger partial charge in [-0.25, -0.2) is 0 Å². The summed E-state index contributed by atoms with van der Waals surface area (Å²) in [6, 6.07) is 1.81. The molecular weight excluding hydrogens is 204 g/mol. The molecule has 90 valence electrons. The van der Waals surface area contributed by atoms with Gasteiger partial charge in [-0.1, -0.05) is 12.8 Å². The van der Waals surface area contributed by atoms with Crippen molar-refractivity contribution in [3.8, 4) is 0 Å². The van der Waals surface area contributed by atoms with Gasteiger partial charge in [0.2, 0.25) is 5.91 Å². The van der Waals surface area contributed by atoms with Crippen molar-refractivity contribution in [1.29, 1.82) is 0 Å². The van der Waals surface area contributed by atoms with E-state index in [2.05, 4.69) is 15.5 Å². The Bertz CT molecular complexity index is 322. The Kier molecular flexibility index (Phi) is 5.56. The predicted octanol–water partition coefficient (Wildman–Crippen LogP) is 1.57. The molecule has 1 aromatic rings. The molecule has 0 aliphatic rings. The van der Waals surface area contributed by atoms with Crippen LogP contribution in [0.2, 0.25) is 0 Å². The van der Waals surface area contributed by atoms with E-state index in [4.69, 9.17) is 5.73 Å². The molecule has 0 aliphatic heterocycles. The second-order valence-corrected chi connectivity index (χ2v) is 3.94. The number of H-pyrrole nitrogens is 1. The summed E-state index contributed by atoms with van der Waals surface area (Å²) in [5.41, 5.74) is 6.33. The van der Waals surface area contributed by atoms with Gasteiger partial charge in [0.05, 0.1) is 0 Å². The fraction of sp³-hybridized carbons (Fsp3) is 0.636. The third-order valence-electron chi connectivity index (χ3n) is 2.33. The number of hydrogen-bond acceptors (Lipinski definition) is 3. The fourth-order valence-corrected chi connectivity index (χ4v) is 1.47. The molecule has 0 aliphatic carbocycles. The molecule has 5 nitrogen and oxygen atoms in total. The SMILES string of the molecule is Cc1cc(NC(=O)CCCCCCN)n[nH]1.